The topological polar surface area (TPSA) is 57.7 Å². The molecule has 19 heavy (non-hydrogen) atoms. The van der Waals surface area contributed by atoms with Gasteiger partial charge in [-0.25, -0.2) is 4.39 Å². The largest absolute Gasteiger partial charge is 0.294 e. The molecule has 0 spiro atoms. The maximum absolute atomic E-state index is 13.2. The molecule has 0 saturated heterocycles. The van der Waals surface area contributed by atoms with Crippen LogP contribution in [0.25, 0.3) is 5.57 Å². The van der Waals surface area contributed by atoms with Crippen LogP contribution < -0.4 is 0 Å². The quantitative estimate of drug-likeness (QED) is 0.910. The number of H-pyrrole nitrogens is 1. The van der Waals surface area contributed by atoms with Crippen LogP contribution >= 0.6 is 0 Å². The van der Waals surface area contributed by atoms with E-state index in [9.17, 15) is 4.39 Å². The highest BCUT2D eigenvalue weighted by molar-refractivity contribution is 5.61. The highest BCUT2D eigenvalue weighted by Crippen LogP contribution is 2.18. The van der Waals surface area contributed by atoms with Crippen molar-refractivity contribution < 1.29 is 4.39 Å². The minimum atomic E-state index is -0.191. The predicted molar refractivity (Wildman–Crippen MR) is 68.4 cm³/mol. The minimum Gasteiger partial charge on any atom is -0.294 e. The first-order valence-electron chi connectivity index (χ1n) is 6.21. The molecule has 1 aromatic carbocycles. The maximum atomic E-state index is 13.2. The average molecular weight is 259 g/mol. The number of hydrogen-bond donors (Lipinski definition) is 1. The van der Waals surface area contributed by atoms with E-state index in [0.29, 0.717) is 5.82 Å². The summed E-state index contributed by atoms with van der Waals surface area (Å²) in [5.41, 5.74) is 2.05. The molecule has 5 nitrogen and oxygen atoms in total. The fourth-order valence-corrected chi connectivity index (χ4v) is 2.29. The molecule has 0 bridgehead atoms. The molecule has 1 aromatic heterocycles. The summed E-state index contributed by atoms with van der Waals surface area (Å²) in [6.07, 6.45) is 3.08. The number of nitrogens with zero attached hydrogens (tertiary/aromatic N) is 4. The third-order valence-corrected chi connectivity index (χ3v) is 3.16. The highest BCUT2D eigenvalue weighted by atomic mass is 19.1. The molecule has 0 unspecified atom stereocenters. The molecule has 0 fully saturated rings. The van der Waals surface area contributed by atoms with Gasteiger partial charge in [0.25, 0.3) is 0 Å². The van der Waals surface area contributed by atoms with Gasteiger partial charge in [0.15, 0.2) is 0 Å². The molecule has 1 N–H and O–H groups in total. The summed E-state index contributed by atoms with van der Waals surface area (Å²) in [7, 11) is 0. The van der Waals surface area contributed by atoms with E-state index in [1.807, 2.05) is 6.07 Å². The molecule has 0 saturated carbocycles. The van der Waals surface area contributed by atoms with Gasteiger partial charge in [-0.05, 0) is 29.3 Å². The zero-order valence-electron chi connectivity index (χ0n) is 10.4. The molecule has 0 amide bonds. The summed E-state index contributed by atoms with van der Waals surface area (Å²) >= 11 is 0. The second-order valence-electron chi connectivity index (χ2n) is 4.59. The van der Waals surface area contributed by atoms with E-state index in [4.69, 9.17) is 0 Å². The Balaban J connectivity index is 1.69. The lowest BCUT2D eigenvalue weighted by atomic mass is 10.1. The minimum absolute atomic E-state index is 0.191. The van der Waals surface area contributed by atoms with Gasteiger partial charge in [0, 0.05) is 25.2 Å². The lowest BCUT2D eigenvalue weighted by Gasteiger charge is -2.26. The predicted octanol–water partition coefficient (Wildman–Crippen LogP) is 1.63. The summed E-state index contributed by atoms with van der Waals surface area (Å²) in [5, 5.41) is 14.0. The first-order valence-corrected chi connectivity index (χ1v) is 6.21. The maximum Gasteiger partial charge on any atom is 0.201 e. The SMILES string of the molecule is Fc1cccc(CN2CCC=C(c3nn[nH]n3)C2)c1. The average Bonchev–Trinajstić information content (AvgIpc) is 2.93. The number of halogens is 1. The van der Waals surface area contributed by atoms with Crippen LogP contribution in [0.2, 0.25) is 0 Å². The fraction of sp³-hybridized carbons (Fsp3) is 0.308. The van der Waals surface area contributed by atoms with Crippen molar-refractivity contribution in [1.29, 1.82) is 0 Å². The molecular formula is C13H14FN5. The van der Waals surface area contributed by atoms with Crippen LogP contribution in [0.3, 0.4) is 0 Å². The molecule has 6 heteroatoms. The van der Waals surface area contributed by atoms with Gasteiger partial charge in [-0.3, -0.25) is 4.90 Å². The van der Waals surface area contributed by atoms with Gasteiger partial charge in [0.2, 0.25) is 5.82 Å². The molecule has 2 aromatic rings. The van der Waals surface area contributed by atoms with Crippen LogP contribution in [0.15, 0.2) is 30.3 Å². The van der Waals surface area contributed by atoms with Crippen molar-refractivity contribution >= 4 is 5.57 Å². The van der Waals surface area contributed by atoms with Gasteiger partial charge in [-0.15, -0.1) is 10.2 Å². The van der Waals surface area contributed by atoms with Crippen molar-refractivity contribution in [2.45, 2.75) is 13.0 Å². The normalized spacial score (nSPS) is 16.4. The van der Waals surface area contributed by atoms with Gasteiger partial charge in [-0.1, -0.05) is 18.2 Å². The van der Waals surface area contributed by atoms with Gasteiger partial charge in [0.05, 0.1) is 0 Å². The zero-order valence-corrected chi connectivity index (χ0v) is 10.4. The standard InChI is InChI=1S/C13H14FN5/c14-12-5-1-3-10(7-12)8-19-6-2-4-11(9-19)13-15-17-18-16-13/h1,3-5,7H,2,6,8-9H2,(H,15,16,17,18). The van der Waals surface area contributed by atoms with Crippen LogP contribution in [0.4, 0.5) is 4.39 Å². The smallest absolute Gasteiger partial charge is 0.201 e. The van der Waals surface area contributed by atoms with E-state index in [2.05, 4.69) is 31.6 Å². The Morgan fingerprint density at radius 1 is 1.37 bits per heavy atom. The van der Waals surface area contributed by atoms with Crippen LogP contribution in [0.5, 0.6) is 0 Å². The van der Waals surface area contributed by atoms with Crippen LogP contribution in [0.1, 0.15) is 17.8 Å². The van der Waals surface area contributed by atoms with Gasteiger partial charge in [0.1, 0.15) is 5.82 Å². The number of aromatic nitrogens is 4. The van der Waals surface area contributed by atoms with E-state index in [1.54, 1.807) is 12.1 Å². The second-order valence-corrected chi connectivity index (χ2v) is 4.59. The lowest BCUT2D eigenvalue weighted by molar-refractivity contribution is 0.295. The van der Waals surface area contributed by atoms with Gasteiger partial charge < -0.3 is 0 Å². The van der Waals surface area contributed by atoms with Crippen LogP contribution in [-0.4, -0.2) is 38.6 Å². The first-order chi connectivity index (χ1) is 9.31. The summed E-state index contributed by atoms with van der Waals surface area (Å²) < 4.78 is 13.2. The molecule has 0 radical (unpaired) electrons. The molecular weight excluding hydrogens is 245 g/mol. The van der Waals surface area contributed by atoms with Gasteiger partial charge in [-0.2, -0.15) is 5.21 Å². The summed E-state index contributed by atoms with van der Waals surface area (Å²) in [4.78, 5) is 2.25. The van der Waals surface area contributed by atoms with E-state index >= 15 is 0 Å². The molecule has 3 rings (SSSR count). The molecule has 1 aliphatic heterocycles. The number of benzene rings is 1. The zero-order chi connectivity index (χ0) is 13.1. The van der Waals surface area contributed by atoms with Crippen molar-refractivity contribution in [3.63, 3.8) is 0 Å². The number of tetrazole rings is 1. The number of aromatic amines is 1. The summed E-state index contributed by atoms with van der Waals surface area (Å²) in [6, 6.07) is 6.72. The molecule has 0 atom stereocenters. The Hall–Kier alpha value is -2.08. The van der Waals surface area contributed by atoms with Crippen molar-refractivity contribution in [2.24, 2.45) is 0 Å². The van der Waals surface area contributed by atoms with Gasteiger partial charge >= 0.3 is 0 Å². The van der Waals surface area contributed by atoms with E-state index in [1.165, 1.54) is 6.07 Å². The highest BCUT2D eigenvalue weighted by Gasteiger charge is 2.16. The fourth-order valence-electron chi connectivity index (χ4n) is 2.29. The Labute approximate surface area is 110 Å². The molecule has 98 valence electrons. The van der Waals surface area contributed by atoms with Crippen molar-refractivity contribution in [3.05, 3.63) is 47.5 Å². The van der Waals surface area contributed by atoms with Crippen molar-refractivity contribution in [2.75, 3.05) is 13.1 Å². The lowest BCUT2D eigenvalue weighted by Crippen LogP contribution is -2.29. The number of nitrogens with one attached hydrogen (secondary N) is 1. The second kappa shape index (κ2) is 5.27. The number of hydrogen-bond acceptors (Lipinski definition) is 4. The molecule has 2 heterocycles. The first kappa shape index (κ1) is 12.0. The van der Waals surface area contributed by atoms with E-state index in [0.717, 1.165) is 37.2 Å². The number of rotatable bonds is 3. The third-order valence-electron chi connectivity index (χ3n) is 3.16. The van der Waals surface area contributed by atoms with Crippen molar-refractivity contribution in [3.8, 4) is 0 Å². The Bertz CT molecular complexity index is 578. The van der Waals surface area contributed by atoms with Crippen molar-refractivity contribution in [1.82, 2.24) is 25.5 Å². The summed E-state index contributed by atoms with van der Waals surface area (Å²) in [5.74, 6) is 0.451. The van der Waals surface area contributed by atoms with E-state index < -0.39 is 0 Å². The van der Waals surface area contributed by atoms with E-state index in [-0.39, 0.29) is 5.82 Å². The molecule has 0 aliphatic carbocycles. The molecule has 1 aliphatic rings. The Morgan fingerprint density at radius 2 is 2.32 bits per heavy atom. The van der Waals surface area contributed by atoms with Crippen LogP contribution in [-0.2, 0) is 6.54 Å². The summed E-state index contributed by atoms with van der Waals surface area (Å²) in [6.45, 7) is 2.45. The third kappa shape index (κ3) is 2.85. The monoisotopic (exact) mass is 259 g/mol. The Kier molecular flexibility index (Phi) is 3.33. The van der Waals surface area contributed by atoms with Crippen LogP contribution in [0, 0.1) is 5.82 Å². The Morgan fingerprint density at radius 3 is 3.11 bits per heavy atom.